The number of para-hydroxylation sites is 1. The number of fused-ring (bicyclic) bond motifs is 1. The van der Waals surface area contributed by atoms with Gasteiger partial charge >= 0.3 is 0 Å². The summed E-state index contributed by atoms with van der Waals surface area (Å²) in [5, 5.41) is 14.5. The second-order valence-corrected chi connectivity index (χ2v) is 6.02. The topological polar surface area (TPSA) is 74.8 Å². The molecule has 25 heavy (non-hydrogen) atoms. The number of carbonyl (C=O) groups is 1. The van der Waals surface area contributed by atoms with Crippen LogP contribution in [0.4, 0.5) is 5.82 Å². The summed E-state index contributed by atoms with van der Waals surface area (Å²) in [5.74, 6) is 0.443. The molecule has 0 spiro atoms. The van der Waals surface area contributed by atoms with Crippen molar-refractivity contribution in [3.63, 3.8) is 0 Å². The highest BCUT2D eigenvalue weighted by Gasteiger charge is 2.16. The number of hydrogen-bond donors (Lipinski definition) is 0. The molecule has 0 saturated heterocycles. The molecule has 6 nitrogen and oxygen atoms in total. The summed E-state index contributed by atoms with van der Waals surface area (Å²) in [6, 6.07) is 11.3. The molecule has 0 fully saturated rings. The van der Waals surface area contributed by atoms with Crippen LogP contribution in [0.2, 0.25) is 0 Å². The van der Waals surface area contributed by atoms with Gasteiger partial charge in [-0.25, -0.2) is 4.98 Å². The average Bonchev–Trinajstić information content (AvgIpc) is 2.95. The number of amides is 1. The number of carbonyl (C=O) groups excluding carboxylic acids is 1. The third kappa shape index (κ3) is 3.36. The normalized spacial score (nSPS) is 10.6. The van der Waals surface area contributed by atoms with Crippen LogP contribution < -0.4 is 4.90 Å². The Bertz CT molecular complexity index is 983. The lowest BCUT2D eigenvalue weighted by atomic mass is 10.1. The molecule has 3 aromatic rings. The Kier molecular flexibility index (Phi) is 4.48. The maximum Gasteiger partial charge on any atom is 0.228 e. The Labute approximate surface area is 146 Å². The fourth-order valence-corrected chi connectivity index (χ4v) is 2.86. The molecule has 1 amide bonds. The van der Waals surface area contributed by atoms with Crippen molar-refractivity contribution in [2.75, 3.05) is 11.9 Å². The molecule has 2 aromatic heterocycles. The van der Waals surface area contributed by atoms with Gasteiger partial charge in [0.15, 0.2) is 0 Å². The number of nitrogens with zero attached hydrogens (tertiary/aromatic N) is 5. The molecular formula is C19H19N5O. The SMILES string of the molecule is Cc1nn(C)cc1CCC(=O)N(C)c1cc(C#N)c2ccccc2n1. The zero-order valence-corrected chi connectivity index (χ0v) is 14.5. The second-order valence-electron chi connectivity index (χ2n) is 6.02. The fourth-order valence-electron chi connectivity index (χ4n) is 2.86. The lowest BCUT2D eigenvalue weighted by Crippen LogP contribution is -2.27. The Morgan fingerprint density at radius 1 is 1.36 bits per heavy atom. The van der Waals surface area contributed by atoms with Crippen molar-refractivity contribution in [1.29, 1.82) is 5.26 Å². The van der Waals surface area contributed by atoms with Crippen LogP contribution in [0.1, 0.15) is 23.2 Å². The third-order valence-corrected chi connectivity index (χ3v) is 4.26. The van der Waals surface area contributed by atoms with Crippen molar-refractivity contribution in [1.82, 2.24) is 14.8 Å². The first-order valence-corrected chi connectivity index (χ1v) is 8.05. The van der Waals surface area contributed by atoms with E-state index in [0.717, 1.165) is 16.6 Å². The number of benzene rings is 1. The largest absolute Gasteiger partial charge is 0.300 e. The van der Waals surface area contributed by atoms with E-state index >= 15 is 0 Å². The summed E-state index contributed by atoms with van der Waals surface area (Å²) in [4.78, 5) is 18.6. The average molecular weight is 333 g/mol. The molecule has 0 unspecified atom stereocenters. The van der Waals surface area contributed by atoms with E-state index in [0.29, 0.717) is 29.7 Å². The van der Waals surface area contributed by atoms with E-state index in [2.05, 4.69) is 16.2 Å². The molecule has 6 heteroatoms. The summed E-state index contributed by atoms with van der Waals surface area (Å²) in [5.41, 5.74) is 3.23. The Hall–Kier alpha value is -3.20. The van der Waals surface area contributed by atoms with Crippen molar-refractivity contribution in [2.24, 2.45) is 7.05 Å². The molecule has 0 radical (unpaired) electrons. The Morgan fingerprint density at radius 3 is 2.80 bits per heavy atom. The van der Waals surface area contributed by atoms with E-state index < -0.39 is 0 Å². The van der Waals surface area contributed by atoms with Gasteiger partial charge in [0.25, 0.3) is 0 Å². The summed E-state index contributed by atoms with van der Waals surface area (Å²) in [6.07, 6.45) is 2.92. The van der Waals surface area contributed by atoms with Crippen LogP contribution in [0.25, 0.3) is 10.9 Å². The van der Waals surface area contributed by atoms with Gasteiger partial charge in [-0.2, -0.15) is 10.4 Å². The van der Waals surface area contributed by atoms with Gasteiger partial charge in [0.05, 0.1) is 22.8 Å². The molecule has 3 rings (SSSR count). The highest BCUT2D eigenvalue weighted by atomic mass is 16.2. The van der Waals surface area contributed by atoms with Crippen molar-refractivity contribution >= 4 is 22.6 Å². The van der Waals surface area contributed by atoms with Gasteiger partial charge in [0.1, 0.15) is 5.82 Å². The van der Waals surface area contributed by atoms with Crippen LogP contribution in [-0.2, 0) is 18.3 Å². The second kappa shape index (κ2) is 6.73. The van der Waals surface area contributed by atoms with Crippen LogP contribution in [0.3, 0.4) is 0 Å². The molecule has 0 aliphatic carbocycles. The standard InChI is InChI=1S/C19H19N5O/c1-13-14(12-23(2)22-13)8-9-19(25)24(3)18-10-15(11-20)16-6-4-5-7-17(16)21-18/h4-7,10,12H,8-9H2,1-3H3. The van der Waals surface area contributed by atoms with E-state index in [9.17, 15) is 10.1 Å². The van der Waals surface area contributed by atoms with Gasteiger partial charge in [-0.05, 0) is 31.0 Å². The lowest BCUT2D eigenvalue weighted by Gasteiger charge is -2.17. The minimum Gasteiger partial charge on any atom is -0.300 e. The van der Waals surface area contributed by atoms with Crippen molar-refractivity contribution < 1.29 is 4.79 Å². The van der Waals surface area contributed by atoms with Crippen LogP contribution >= 0.6 is 0 Å². The van der Waals surface area contributed by atoms with E-state index in [-0.39, 0.29) is 5.91 Å². The van der Waals surface area contributed by atoms with Crippen molar-refractivity contribution in [3.8, 4) is 6.07 Å². The number of aromatic nitrogens is 3. The molecule has 2 heterocycles. The van der Waals surface area contributed by atoms with Gasteiger partial charge in [-0.1, -0.05) is 18.2 Å². The number of anilines is 1. The molecular weight excluding hydrogens is 314 g/mol. The fraction of sp³-hybridized carbons (Fsp3) is 0.263. The van der Waals surface area contributed by atoms with Gasteiger partial charge in [0, 0.05) is 32.1 Å². The van der Waals surface area contributed by atoms with E-state index in [4.69, 9.17) is 0 Å². The summed E-state index contributed by atoms with van der Waals surface area (Å²) >= 11 is 0. The number of nitriles is 1. The predicted molar refractivity (Wildman–Crippen MR) is 96.1 cm³/mol. The molecule has 0 bridgehead atoms. The highest BCUT2D eigenvalue weighted by molar-refractivity contribution is 5.94. The molecule has 1 aromatic carbocycles. The van der Waals surface area contributed by atoms with Gasteiger partial charge in [0.2, 0.25) is 5.91 Å². The zero-order valence-electron chi connectivity index (χ0n) is 14.5. The smallest absolute Gasteiger partial charge is 0.228 e. The Balaban J connectivity index is 1.81. The molecule has 0 saturated carbocycles. The first-order valence-electron chi connectivity index (χ1n) is 8.05. The van der Waals surface area contributed by atoms with Gasteiger partial charge in [-0.3, -0.25) is 14.4 Å². The zero-order chi connectivity index (χ0) is 18.0. The molecule has 0 aliphatic heterocycles. The predicted octanol–water partition coefficient (Wildman–Crippen LogP) is 2.74. The maximum atomic E-state index is 12.5. The highest BCUT2D eigenvalue weighted by Crippen LogP contribution is 2.22. The molecule has 0 atom stereocenters. The third-order valence-electron chi connectivity index (χ3n) is 4.26. The van der Waals surface area contributed by atoms with Crippen LogP contribution in [0.5, 0.6) is 0 Å². The summed E-state index contributed by atoms with van der Waals surface area (Å²) < 4.78 is 1.75. The number of rotatable bonds is 4. The maximum absolute atomic E-state index is 12.5. The van der Waals surface area contributed by atoms with E-state index in [1.165, 1.54) is 4.90 Å². The lowest BCUT2D eigenvalue weighted by molar-refractivity contribution is -0.118. The minimum atomic E-state index is -0.0464. The summed E-state index contributed by atoms with van der Waals surface area (Å²) in [7, 11) is 3.56. The quantitative estimate of drug-likeness (QED) is 0.736. The minimum absolute atomic E-state index is 0.0464. The molecule has 0 aliphatic rings. The van der Waals surface area contributed by atoms with Crippen molar-refractivity contribution in [2.45, 2.75) is 19.8 Å². The van der Waals surface area contributed by atoms with Crippen LogP contribution in [0.15, 0.2) is 36.5 Å². The first-order chi connectivity index (χ1) is 12.0. The number of aryl methyl sites for hydroxylation is 3. The van der Waals surface area contributed by atoms with Crippen molar-refractivity contribution in [3.05, 3.63) is 53.3 Å². The molecule has 126 valence electrons. The number of hydrogen-bond acceptors (Lipinski definition) is 4. The van der Waals surface area contributed by atoms with E-state index in [1.807, 2.05) is 44.4 Å². The first kappa shape index (κ1) is 16.7. The monoisotopic (exact) mass is 333 g/mol. The number of pyridine rings is 1. The van der Waals surface area contributed by atoms with Crippen LogP contribution in [-0.4, -0.2) is 27.7 Å². The van der Waals surface area contributed by atoms with Gasteiger partial charge < -0.3 is 0 Å². The van der Waals surface area contributed by atoms with Crippen LogP contribution in [0, 0.1) is 18.3 Å². The summed E-state index contributed by atoms with van der Waals surface area (Å²) in [6.45, 7) is 1.94. The van der Waals surface area contributed by atoms with E-state index in [1.54, 1.807) is 17.8 Å². The Morgan fingerprint density at radius 2 is 2.12 bits per heavy atom. The molecule has 0 N–H and O–H groups in total. The van der Waals surface area contributed by atoms with Gasteiger partial charge in [-0.15, -0.1) is 0 Å².